The number of esters is 1. The smallest absolute Gasteiger partial charge is 0.870 e. The van der Waals surface area contributed by atoms with E-state index < -0.39 is 5.97 Å². The quantitative estimate of drug-likeness (QED) is 0.144. The average Bonchev–Trinajstić information content (AvgIpc) is 3.81. The molecule has 14 heteroatoms. The number of hydrogen-bond acceptors (Lipinski definition) is 10. The van der Waals surface area contributed by atoms with E-state index in [4.69, 9.17) is 32.9 Å². The molecule has 0 unspecified atom stereocenters. The maximum Gasteiger partial charge on any atom is 1.00 e. The summed E-state index contributed by atoms with van der Waals surface area (Å²) in [7, 11) is 1.45. The van der Waals surface area contributed by atoms with Crippen molar-refractivity contribution in [1.82, 2.24) is 19.9 Å². The number of carboxylic acids is 1. The predicted molar refractivity (Wildman–Crippen MR) is 216 cm³/mol. The van der Waals surface area contributed by atoms with Crippen LogP contribution in [0.25, 0.3) is 11.1 Å². The monoisotopic (exact) mass is 792 g/mol. The molecule has 2 aromatic carbocycles. The second kappa shape index (κ2) is 20.3. The van der Waals surface area contributed by atoms with Gasteiger partial charge in [0.2, 0.25) is 11.9 Å². The Balaban J connectivity index is 0.000000236. The van der Waals surface area contributed by atoms with Crippen molar-refractivity contribution in [3.63, 3.8) is 0 Å². The van der Waals surface area contributed by atoms with Crippen LogP contribution in [-0.4, -0.2) is 61.7 Å². The molecule has 0 spiro atoms. The number of benzene rings is 2. The van der Waals surface area contributed by atoms with Gasteiger partial charge in [-0.25, -0.2) is 19.9 Å². The van der Waals surface area contributed by atoms with Crippen LogP contribution in [0.4, 0.5) is 11.9 Å². The summed E-state index contributed by atoms with van der Waals surface area (Å²) in [6.45, 7) is 0. The fraction of sp³-hybridized carbons (Fsp3) is 0.381. The third kappa shape index (κ3) is 10.2. The second-order valence-electron chi connectivity index (χ2n) is 14.0. The summed E-state index contributed by atoms with van der Waals surface area (Å²) in [4.78, 5) is 41.1. The van der Waals surface area contributed by atoms with Crippen LogP contribution in [0.5, 0.6) is 0 Å². The number of hydrogen-bond donors (Lipinski definition) is 3. The average molecular weight is 794 g/mol. The number of carboxylic acid groups (broad SMARTS) is 1. The van der Waals surface area contributed by atoms with Gasteiger partial charge < -0.3 is 26.0 Å². The SMILES string of the molecule is C.COC(=O)[C@H]1CCC[C@@H](Nc2ncc(Cl)c(C3=CCc4ccccc43)n2)C1.O=C(O)[C@H]1CCC[C@@H](Nc2ncc(Cl)c(C3=CCc4ccccc43)n2)C1.[Li+].[OH-]. The van der Waals surface area contributed by atoms with E-state index in [1.807, 2.05) is 24.3 Å². The molecule has 4 N–H and O–H groups in total. The van der Waals surface area contributed by atoms with Gasteiger partial charge in [0, 0.05) is 23.2 Å². The Morgan fingerprint density at radius 3 is 1.64 bits per heavy atom. The van der Waals surface area contributed by atoms with Crippen LogP contribution in [0, 0.1) is 11.8 Å². The summed E-state index contributed by atoms with van der Waals surface area (Å²) >= 11 is 12.8. The first-order valence-corrected chi connectivity index (χ1v) is 19.0. The van der Waals surface area contributed by atoms with Crippen LogP contribution in [0.1, 0.15) is 92.4 Å². The van der Waals surface area contributed by atoms with Crippen LogP contribution < -0.4 is 29.5 Å². The van der Waals surface area contributed by atoms with E-state index in [1.54, 1.807) is 12.4 Å². The van der Waals surface area contributed by atoms with Crippen LogP contribution in [0.3, 0.4) is 0 Å². The van der Waals surface area contributed by atoms with Gasteiger partial charge in [0.1, 0.15) is 0 Å². The van der Waals surface area contributed by atoms with E-state index in [9.17, 15) is 14.7 Å². The Kier molecular flexibility index (Phi) is 16.1. The Labute approximate surface area is 350 Å². The molecule has 2 fully saturated rings. The predicted octanol–water partition coefficient (Wildman–Crippen LogP) is 5.90. The van der Waals surface area contributed by atoms with Crippen LogP contribution in [0.2, 0.25) is 10.0 Å². The van der Waals surface area contributed by atoms with Crippen molar-refractivity contribution in [3.05, 3.63) is 117 Å². The van der Waals surface area contributed by atoms with Crippen molar-refractivity contribution in [2.75, 3.05) is 17.7 Å². The number of carbonyl (C=O) groups is 2. The number of aromatic nitrogens is 4. The zero-order valence-corrected chi connectivity index (χ0v) is 32.5. The number of carbonyl (C=O) groups excluding carboxylic acids is 1. The first-order chi connectivity index (χ1) is 25.8. The van der Waals surface area contributed by atoms with Gasteiger partial charge in [-0.15, -0.1) is 0 Å². The zero-order chi connectivity index (χ0) is 36.9. The van der Waals surface area contributed by atoms with Gasteiger partial charge in [0.05, 0.1) is 52.8 Å². The fourth-order valence-electron chi connectivity index (χ4n) is 7.88. The Hall–Kier alpha value is -4.24. The van der Waals surface area contributed by atoms with Crippen LogP contribution in [-0.2, 0) is 27.2 Å². The molecule has 4 aromatic rings. The number of halogens is 2. The summed E-state index contributed by atoms with van der Waals surface area (Å²) in [5.74, 6) is -0.148. The molecule has 290 valence electrons. The summed E-state index contributed by atoms with van der Waals surface area (Å²) in [5, 5.41) is 17.0. The summed E-state index contributed by atoms with van der Waals surface area (Å²) in [5.41, 5.74) is 8.43. The molecule has 11 nitrogen and oxygen atoms in total. The van der Waals surface area contributed by atoms with Gasteiger partial charge in [-0.2, -0.15) is 0 Å². The number of aliphatic carboxylic acids is 1. The molecule has 0 bridgehead atoms. The van der Waals surface area contributed by atoms with Gasteiger partial charge in [-0.05, 0) is 73.6 Å². The standard InChI is InChI=1S/C21H22ClN3O2.C20H20ClN3O2.CH4.Li.H2O/c1-27-20(26)14-6-4-7-15(11-14)24-21-23-12-18(22)19(25-21)17-10-9-13-5-2-3-8-16(13)17;21-17-11-22-20(23-14-6-3-5-13(10-14)19(25)26)24-18(17)16-9-8-12-4-1-2-7-15(12)16;;;/h2-3,5,8,10,12,14-15H,4,6-7,9,11H2,1H3,(H,23,24,25);1-2,4,7,9,11,13-14H,3,5-6,8,10H2,(H,25,26)(H,22,23,24);1H4;;1H2/q;;;+1;/p-1/t14-,15+;13-,14+;;;/m00.../s1. The third-order valence-electron chi connectivity index (χ3n) is 10.6. The van der Waals surface area contributed by atoms with Crippen molar-refractivity contribution in [3.8, 4) is 0 Å². The maximum absolute atomic E-state index is 11.8. The molecule has 0 radical (unpaired) electrons. The molecule has 4 aliphatic carbocycles. The number of nitrogens with zero attached hydrogens (tertiary/aromatic N) is 4. The fourth-order valence-corrected chi connectivity index (χ4v) is 8.26. The zero-order valence-electron chi connectivity index (χ0n) is 31.0. The van der Waals surface area contributed by atoms with E-state index in [0.29, 0.717) is 28.4 Å². The van der Waals surface area contributed by atoms with Crippen molar-refractivity contribution in [2.24, 2.45) is 11.8 Å². The molecule has 2 aromatic heterocycles. The molecular formula is C42H47Cl2LiN6O5. The molecule has 0 aliphatic heterocycles. The number of nitrogens with one attached hydrogen (secondary N) is 2. The molecule has 2 heterocycles. The second-order valence-corrected chi connectivity index (χ2v) is 14.8. The Morgan fingerprint density at radius 1 is 0.732 bits per heavy atom. The first-order valence-electron chi connectivity index (χ1n) is 18.2. The number of methoxy groups -OCH3 is 1. The van der Waals surface area contributed by atoms with E-state index in [1.165, 1.54) is 23.8 Å². The van der Waals surface area contributed by atoms with Crippen LogP contribution >= 0.6 is 23.2 Å². The minimum atomic E-state index is -0.720. The molecule has 4 atom stereocenters. The number of anilines is 2. The van der Waals surface area contributed by atoms with E-state index in [2.05, 4.69) is 62.0 Å². The van der Waals surface area contributed by atoms with Gasteiger partial charge >= 0.3 is 30.8 Å². The molecule has 8 rings (SSSR count). The molecule has 56 heavy (non-hydrogen) atoms. The van der Waals surface area contributed by atoms with E-state index in [0.717, 1.165) is 85.9 Å². The van der Waals surface area contributed by atoms with Gasteiger partial charge in [-0.1, -0.05) is 104 Å². The normalized spacial score (nSPS) is 20.4. The third-order valence-corrected chi connectivity index (χ3v) is 11.1. The molecule has 4 aliphatic rings. The Morgan fingerprint density at radius 2 is 1.18 bits per heavy atom. The van der Waals surface area contributed by atoms with Crippen molar-refractivity contribution in [1.29, 1.82) is 0 Å². The topological polar surface area (TPSA) is 169 Å². The summed E-state index contributed by atoms with van der Waals surface area (Å²) in [6, 6.07) is 16.8. The molecule has 0 saturated heterocycles. The van der Waals surface area contributed by atoms with E-state index >= 15 is 0 Å². The first kappa shape index (κ1) is 44.5. The van der Waals surface area contributed by atoms with Gasteiger partial charge in [-0.3, -0.25) is 9.59 Å². The van der Waals surface area contributed by atoms with Crippen molar-refractivity contribution >= 4 is 58.2 Å². The van der Waals surface area contributed by atoms with Crippen molar-refractivity contribution in [2.45, 2.75) is 83.7 Å². The summed E-state index contributed by atoms with van der Waals surface area (Å²) < 4.78 is 4.90. The maximum atomic E-state index is 11.8. The minimum Gasteiger partial charge on any atom is -0.870 e. The number of fused-ring (bicyclic) bond motifs is 2. The van der Waals surface area contributed by atoms with Crippen LogP contribution in [0.15, 0.2) is 73.1 Å². The number of ether oxygens (including phenoxy) is 1. The Bertz CT molecular complexity index is 2080. The molecule has 2 saturated carbocycles. The largest absolute Gasteiger partial charge is 1.00 e. The van der Waals surface area contributed by atoms with E-state index in [-0.39, 0.29) is 61.7 Å². The van der Waals surface area contributed by atoms with Gasteiger partial charge in [0.15, 0.2) is 0 Å². The van der Waals surface area contributed by atoms with Crippen molar-refractivity contribution < 1.29 is 43.8 Å². The number of allylic oxidation sites excluding steroid dienone is 2. The van der Waals surface area contributed by atoms with Gasteiger partial charge in [0.25, 0.3) is 0 Å². The summed E-state index contributed by atoms with van der Waals surface area (Å²) in [6.07, 6.45) is 16.1. The molecule has 0 amide bonds. The molecular weight excluding hydrogens is 746 g/mol. The minimum absolute atomic E-state index is 0. The number of rotatable bonds is 8.